The van der Waals surface area contributed by atoms with Crippen molar-refractivity contribution in [2.75, 3.05) is 5.32 Å². The minimum atomic E-state index is -1.15. The Hall–Kier alpha value is -1.49. The normalized spacial score (nSPS) is 46.5. The van der Waals surface area contributed by atoms with Gasteiger partial charge in [-0.15, -0.1) is 0 Å². The first kappa shape index (κ1) is 21.4. The summed E-state index contributed by atoms with van der Waals surface area (Å²) in [6.45, 7) is 4.11. The van der Waals surface area contributed by atoms with Gasteiger partial charge in [0, 0.05) is 11.6 Å². The van der Waals surface area contributed by atoms with Crippen LogP contribution in [0.1, 0.15) is 71.6 Å². The van der Waals surface area contributed by atoms with Crippen LogP contribution in [0.3, 0.4) is 0 Å². The van der Waals surface area contributed by atoms with Crippen molar-refractivity contribution in [3.63, 3.8) is 0 Å². The fraction of sp³-hybridized carbons (Fsp3) is 0.731. The summed E-state index contributed by atoms with van der Waals surface area (Å²) in [7, 11) is 0. The van der Waals surface area contributed by atoms with Gasteiger partial charge < -0.3 is 10.4 Å². The van der Waals surface area contributed by atoms with Crippen LogP contribution in [0, 0.1) is 40.8 Å². The van der Waals surface area contributed by atoms with E-state index in [-0.39, 0.29) is 34.9 Å². The van der Waals surface area contributed by atoms with Gasteiger partial charge in [0.25, 0.3) is 0 Å². The highest BCUT2D eigenvalue weighted by Crippen LogP contribution is 2.66. The molecule has 4 aliphatic rings. The molecule has 0 radical (unpaired) electrons. The van der Waals surface area contributed by atoms with Crippen molar-refractivity contribution in [1.29, 1.82) is 0 Å². The number of fused-ring (bicyclic) bond motifs is 5. The molecule has 0 bridgehead atoms. The number of hydrogen-bond acceptors (Lipinski definition) is 2. The van der Waals surface area contributed by atoms with E-state index in [9.17, 15) is 14.3 Å². The molecule has 4 fully saturated rings. The molecule has 0 saturated heterocycles. The van der Waals surface area contributed by atoms with Crippen molar-refractivity contribution in [2.24, 2.45) is 35.0 Å². The Morgan fingerprint density at radius 2 is 1.74 bits per heavy atom. The molecule has 0 spiro atoms. The third kappa shape index (κ3) is 3.42. The van der Waals surface area contributed by atoms with E-state index in [1.807, 2.05) is 6.92 Å². The molecule has 4 aliphatic carbocycles. The molecule has 1 amide bonds. The Bertz CT molecular complexity index is 855. The highest BCUT2D eigenvalue weighted by Gasteiger charge is 2.63. The minimum absolute atomic E-state index is 0.0208. The van der Waals surface area contributed by atoms with E-state index in [1.165, 1.54) is 12.1 Å². The minimum Gasteiger partial charge on any atom is -0.390 e. The monoisotopic (exact) mass is 431 g/mol. The van der Waals surface area contributed by atoms with Gasteiger partial charge in [0.05, 0.1) is 5.60 Å². The number of carbonyl (C=O) groups is 1. The smallest absolute Gasteiger partial charge is 0.228 e. The molecule has 5 heteroatoms. The van der Waals surface area contributed by atoms with E-state index in [0.29, 0.717) is 36.8 Å². The first-order valence-corrected chi connectivity index (χ1v) is 12.1. The molecule has 1 aromatic rings. The number of anilines is 1. The van der Waals surface area contributed by atoms with Crippen molar-refractivity contribution in [2.45, 2.75) is 82.9 Å². The number of rotatable bonds is 2. The summed E-state index contributed by atoms with van der Waals surface area (Å²) in [6, 6.07) is 5.93. The van der Waals surface area contributed by atoms with Gasteiger partial charge >= 0.3 is 0 Å². The second-order valence-corrected chi connectivity index (χ2v) is 11.4. The van der Waals surface area contributed by atoms with Crippen LogP contribution in [0.15, 0.2) is 24.3 Å². The SMILES string of the molecule is C[C@@]1(O)CC[C@@]2(F)[C@H](CC[C@H]3[C@@H]4CC[C@H](C(=O)Nc5ccc(F)cc5)[C@@]4(C)CC[C@@H]32)C1. The molecule has 170 valence electrons. The van der Waals surface area contributed by atoms with Crippen LogP contribution in [-0.2, 0) is 4.79 Å². The zero-order chi connectivity index (χ0) is 22.0. The van der Waals surface area contributed by atoms with Gasteiger partial charge in [0.1, 0.15) is 11.5 Å². The summed E-state index contributed by atoms with van der Waals surface area (Å²) in [5, 5.41) is 13.5. The Morgan fingerprint density at radius 3 is 2.48 bits per heavy atom. The number of alkyl halides is 1. The molecule has 0 aromatic heterocycles. The number of carbonyl (C=O) groups excluding carboxylic acids is 1. The first-order chi connectivity index (χ1) is 14.6. The van der Waals surface area contributed by atoms with E-state index in [1.54, 1.807) is 12.1 Å². The van der Waals surface area contributed by atoms with Gasteiger partial charge in [0.2, 0.25) is 5.91 Å². The molecule has 4 saturated carbocycles. The van der Waals surface area contributed by atoms with Gasteiger partial charge in [-0.25, -0.2) is 8.78 Å². The quantitative estimate of drug-likeness (QED) is 0.615. The first-order valence-electron chi connectivity index (χ1n) is 12.1. The van der Waals surface area contributed by atoms with Crippen LogP contribution < -0.4 is 5.32 Å². The highest BCUT2D eigenvalue weighted by molar-refractivity contribution is 5.93. The molecule has 31 heavy (non-hydrogen) atoms. The van der Waals surface area contributed by atoms with Crippen LogP contribution in [0.4, 0.5) is 14.5 Å². The second-order valence-electron chi connectivity index (χ2n) is 11.4. The van der Waals surface area contributed by atoms with Crippen molar-refractivity contribution < 1.29 is 18.7 Å². The molecule has 0 unspecified atom stereocenters. The maximum absolute atomic E-state index is 16.4. The molecule has 5 rings (SSSR count). The number of aliphatic hydroxyl groups is 1. The number of nitrogens with one attached hydrogen (secondary N) is 1. The van der Waals surface area contributed by atoms with E-state index in [4.69, 9.17) is 0 Å². The van der Waals surface area contributed by atoms with Crippen LogP contribution in [0.5, 0.6) is 0 Å². The lowest BCUT2D eigenvalue weighted by atomic mass is 9.48. The van der Waals surface area contributed by atoms with E-state index in [0.717, 1.165) is 38.5 Å². The number of halogens is 2. The molecule has 0 heterocycles. The zero-order valence-electron chi connectivity index (χ0n) is 18.7. The van der Waals surface area contributed by atoms with Gasteiger partial charge in [-0.1, -0.05) is 6.92 Å². The number of hydrogen-bond donors (Lipinski definition) is 2. The largest absolute Gasteiger partial charge is 0.390 e. The van der Waals surface area contributed by atoms with E-state index < -0.39 is 11.3 Å². The van der Waals surface area contributed by atoms with Crippen LogP contribution in [0.25, 0.3) is 0 Å². The molecule has 2 N–H and O–H groups in total. The predicted molar refractivity (Wildman–Crippen MR) is 117 cm³/mol. The van der Waals surface area contributed by atoms with Crippen molar-refractivity contribution in [1.82, 2.24) is 0 Å². The van der Waals surface area contributed by atoms with Crippen LogP contribution in [-0.4, -0.2) is 22.3 Å². The maximum Gasteiger partial charge on any atom is 0.228 e. The molecule has 8 atom stereocenters. The Morgan fingerprint density at radius 1 is 1.00 bits per heavy atom. The topological polar surface area (TPSA) is 49.3 Å². The lowest BCUT2D eigenvalue weighted by Gasteiger charge is -2.59. The summed E-state index contributed by atoms with van der Waals surface area (Å²) in [6.07, 6.45) is 7.03. The number of benzene rings is 1. The molecule has 1 aromatic carbocycles. The fourth-order valence-corrected chi connectivity index (χ4v) is 8.17. The number of amides is 1. The Labute approximate surface area is 184 Å². The van der Waals surface area contributed by atoms with Gasteiger partial charge in [0.15, 0.2) is 0 Å². The second kappa shape index (κ2) is 7.26. The maximum atomic E-state index is 16.4. The third-order valence-corrected chi connectivity index (χ3v) is 9.74. The lowest BCUT2D eigenvalue weighted by Crippen LogP contribution is -2.58. The average Bonchev–Trinajstić information content (AvgIpc) is 3.07. The predicted octanol–water partition coefficient (Wildman–Crippen LogP) is 5.88. The summed E-state index contributed by atoms with van der Waals surface area (Å²) < 4.78 is 29.6. The van der Waals surface area contributed by atoms with Crippen molar-refractivity contribution in [3.8, 4) is 0 Å². The van der Waals surface area contributed by atoms with Gasteiger partial charge in [-0.05, 0) is 118 Å². The van der Waals surface area contributed by atoms with Crippen LogP contribution >= 0.6 is 0 Å². The fourth-order valence-electron chi connectivity index (χ4n) is 8.17. The summed E-state index contributed by atoms with van der Waals surface area (Å²) >= 11 is 0. The summed E-state index contributed by atoms with van der Waals surface area (Å²) in [5.41, 5.74) is -1.35. The van der Waals surface area contributed by atoms with E-state index in [2.05, 4.69) is 12.2 Å². The Balaban J connectivity index is 1.33. The van der Waals surface area contributed by atoms with E-state index >= 15 is 4.39 Å². The zero-order valence-corrected chi connectivity index (χ0v) is 18.7. The van der Waals surface area contributed by atoms with Crippen molar-refractivity contribution >= 4 is 11.6 Å². The highest BCUT2D eigenvalue weighted by atomic mass is 19.1. The summed E-state index contributed by atoms with van der Waals surface area (Å²) in [5.74, 6) is 0.388. The molecular weight excluding hydrogens is 396 g/mol. The van der Waals surface area contributed by atoms with Gasteiger partial charge in [-0.2, -0.15) is 0 Å². The van der Waals surface area contributed by atoms with Gasteiger partial charge in [-0.3, -0.25) is 4.79 Å². The average molecular weight is 432 g/mol. The molecule has 3 nitrogen and oxygen atoms in total. The van der Waals surface area contributed by atoms with Crippen LogP contribution in [0.2, 0.25) is 0 Å². The summed E-state index contributed by atoms with van der Waals surface area (Å²) in [4.78, 5) is 13.2. The standard InChI is InChI=1S/C26H35F2NO2/c1-24(31)13-14-26(28)16(15-24)3-8-19-20-9-10-22(25(20,2)12-11-21(19)26)23(30)29-18-6-4-17(27)5-7-18/h4-7,16,19-22,31H,3,8-15H2,1-2H3,(H,29,30)/t16-,19+,20+,21+,22-,24-,25+,26-/m1/s1. The molecular formula is C26H35F2NO2. The lowest BCUT2D eigenvalue weighted by molar-refractivity contribution is -0.165. The molecule has 0 aliphatic heterocycles. The van der Waals surface area contributed by atoms with Crippen molar-refractivity contribution in [3.05, 3.63) is 30.1 Å². The Kier molecular flexibility index (Phi) is 5.00. The third-order valence-electron chi connectivity index (χ3n) is 9.74.